The minimum Gasteiger partial charge on any atom is -0.435 e. The third kappa shape index (κ3) is 5.81. The highest BCUT2D eigenvalue weighted by molar-refractivity contribution is 6.00. The smallest absolute Gasteiger partial charge is 0.387 e. The van der Waals surface area contributed by atoms with E-state index in [1.165, 1.54) is 12.1 Å². The maximum absolute atomic E-state index is 12.8. The van der Waals surface area contributed by atoms with Gasteiger partial charge in [-0.2, -0.15) is 8.78 Å². The Morgan fingerprint density at radius 3 is 2.57 bits per heavy atom. The van der Waals surface area contributed by atoms with Crippen molar-refractivity contribution in [1.82, 2.24) is 10.6 Å². The molecule has 3 rings (SSSR count). The Kier molecular flexibility index (Phi) is 8.02. The third-order valence-corrected chi connectivity index (χ3v) is 4.63. The minimum absolute atomic E-state index is 0. The van der Waals surface area contributed by atoms with E-state index >= 15 is 0 Å². The number of nitrogens with one attached hydrogen (secondary N) is 3. The molecule has 28 heavy (non-hydrogen) atoms. The van der Waals surface area contributed by atoms with E-state index < -0.39 is 6.61 Å². The summed E-state index contributed by atoms with van der Waals surface area (Å²) in [5, 5.41) is 9.60. The van der Waals surface area contributed by atoms with Crippen molar-refractivity contribution in [2.75, 3.05) is 18.4 Å². The highest BCUT2D eigenvalue weighted by Crippen LogP contribution is 2.24. The zero-order valence-corrected chi connectivity index (χ0v) is 16.3. The van der Waals surface area contributed by atoms with E-state index in [0.29, 0.717) is 22.9 Å². The Bertz CT molecular complexity index is 774. The summed E-state index contributed by atoms with van der Waals surface area (Å²) in [6, 6.07) is 13.5. The topological polar surface area (TPSA) is 62.4 Å². The molecule has 0 saturated carbocycles. The standard InChI is InChI=1S/C20H23F2N3O2.ClH/c1-13-12-23-11-10-17(13)25-19(26)16-4-2-3-5-18(16)24-14-6-8-15(9-7-14)27-20(21)22;/h2-9,13,17,20,23-24H,10-12H2,1H3,(H,25,26);1H. The van der Waals surface area contributed by atoms with Crippen LogP contribution < -0.4 is 20.7 Å². The lowest BCUT2D eigenvalue weighted by molar-refractivity contribution is -0.0498. The van der Waals surface area contributed by atoms with E-state index in [2.05, 4.69) is 27.6 Å². The fourth-order valence-corrected chi connectivity index (χ4v) is 3.14. The summed E-state index contributed by atoms with van der Waals surface area (Å²) in [7, 11) is 0. The molecule has 2 unspecified atom stereocenters. The van der Waals surface area contributed by atoms with Gasteiger partial charge >= 0.3 is 6.61 Å². The zero-order chi connectivity index (χ0) is 19.2. The van der Waals surface area contributed by atoms with Crippen LogP contribution in [0.15, 0.2) is 48.5 Å². The largest absolute Gasteiger partial charge is 0.435 e. The SMILES string of the molecule is CC1CNCCC1NC(=O)c1ccccc1Nc1ccc(OC(F)F)cc1.Cl. The van der Waals surface area contributed by atoms with Gasteiger partial charge in [0, 0.05) is 11.7 Å². The van der Waals surface area contributed by atoms with Gasteiger partial charge in [0.05, 0.1) is 11.3 Å². The number of carbonyl (C=O) groups is 1. The van der Waals surface area contributed by atoms with Crippen molar-refractivity contribution in [3.63, 3.8) is 0 Å². The number of anilines is 2. The molecule has 2 aromatic carbocycles. The lowest BCUT2D eigenvalue weighted by Gasteiger charge is -2.30. The van der Waals surface area contributed by atoms with Crippen molar-refractivity contribution in [3.05, 3.63) is 54.1 Å². The first-order valence-corrected chi connectivity index (χ1v) is 8.95. The van der Waals surface area contributed by atoms with Crippen LogP contribution in [0.5, 0.6) is 5.75 Å². The quantitative estimate of drug-likeness (QED) is 0.667. The summed E-state index contributed by atoms with van der Waals surface area (Å²) in [5.41, 5.74) is 1.86. The fourth-order valence-electron chi connectivity index (χ4n) is 3.14. The second-order valence-corrected chi connectivity index (χ2v) is 6.62. The summed E-state index contributed by atoms with van der Waals surface area (Å²) in [6.45, 7) is 1.04. The molecule has 1 aliphatic rings. The molecule has 3 N–H and O–H groups in total. The number of hydrogen-bond acceptors (Lipinski definition) is 4. The van der Waals surface area contributed by atoms with E-state index in [0.717, 1.165) is 19.5 Å². The van der Waals surface area contributed by atoms with Gasteiger partial charge in [-0.1, -0.05) is 19.1 Å². The van der Waals surface area contributed by atoms with E-state index in [-0.39, 0.29) is 30.1 Å². The van der Waals surface area contributed by atoms with Gasteiger partial charge < -0.3 is 20.7 Å². The van der Waals surface area contributed by atoms with E-state index in [1.807, 2.05) is 18.2 Å². The van der Waals surface area contributed by atoms with Gasteiger partial charge in [0.15, 0.2) is 0 Å². The van der Waals surface area contributed by atoms with E-state index in [1.54, 1.807) is 18.2 Å². The Morgan fingerprint density at radius 2 is 1.89 bits per heavy atom. The number of amides is 1. The molecule has 0 radical (unpaired) electrons. The molecule has 0 aromatic heterocycles. The van der Waals surface area contributed by atoms with Crippen LogP contribution in [0.2, 0.25) is 0 Å². The van der Waals surface area contributed by atoms with Crippen LogP contribution in [0.1, 0.15) is 23.7 Å². The van der Waals surface area contributed by atoms with Gasteiger partial charge in [0.2, 0.25) is 0 Å². The molecular formula is C20H24ClF2N3O2. The monoisotopic (exact) mass is 411 g/mol. The molecule has 152 valence electrons. The second kappa shape index (κ2) is 10.2. The molecule has 0 aliphatic carbocycles. The van der Waals surface area contributed by atoms with Crippen molar-refractivity contribution in [2.24, 2.45) is 5.92 Å². The number of hydrogen-bond donors (Lipinski definition) is 3. The Morgan fingerprint density at radius 1 is 1.18 bits per heavy atom. The molecule has 1 saturated heterocycles. The predicted octanol–water partition coefficient (Wildman–Crippen LogP) is 4.18. The first-order chi connectivity index (χ1) is 13.0. The molecule has 8 heteroatoms. The predicted molar refractivity (Wildman–Crippen MR) is 108 cm³/mol. The second-order valence-electron chi connectivity index (χ2n) is 6.62. The molecular weight excluding hydrogens is 388 g/mol. The lowest BCUT2D eigenvalue weighted by atomic mass is 9.95. The summed E-state index contributed by atoms with van der Waals surface area (Å²) in [6.07, 6.45) is 0.897. The molecule has 0 spiro atoms. The molecule has 1 amide bonds. The van der Waals surface area contributed by atoms with Crippen LogP contribution >= 0.6 is 12.4 Å². The van der Waals surface area contributed by atoms with Gasteiger partial charge in [-0.3, -0.25) is 4.79 Å². The highest BCUT2D eigenvalue weighted by atomic mass is 35.5. The molecule has 1 aliphatic heterocycles. The Hall–Kier alpha value is -2.38. The number of carbonyl (C=O) groups excluding carboxylic acids is 1. The number of para-hydroxylation sites is 1. The first kappa shape index (κ1) is 21.9. The lowest BCUT2D eigenvalue weighted by Crippen LogP contribution is -2.48. The van der Waals surface area contributed by atoms with Crippen LogP contribution in [0.4, 0.5) is 20.2 Å². The number of alkyl halides is 2. The van der Waals surface area contributed by atoms with Crippen molar-refractivity contribution >= 4 is 29.7 Å². The van der Waals surface area contributed by atoms with Crippen LogP contribution in [0.3, 0.4) is 0 Å². The summed E-state index contributed by atoms with van der Waals surface area (Å²) >= 11 is 0. The zero-order valence-electron chi connectivity index (χ0n) is 15.5. The van der Waals surface area contributed by atoms with E-state index in [4.69, 9.17) is 0 Å². The number of benzene rings is 2. The van der Waals surface area contributed by atoms with Crippen molar-refractivity contribution in [3.8, 4) is 5.75 Å². The van der Waals surface area contributed by atoms with Gasteiger partial charge in [0.1, 0.15) is 5.75 Å². The summed E-state index contributed by atoms with van der Waals surface area (Å²) < 4.78 is 28.8. The molecule has 2 atom stereocenters. The summed E-state index contributed by atoms with van der Waals surface area (Å²) in [5.74, 6) is 0.321. The number of rotatable bonds is 6. The van der Waals surface area contributed by atoms with Crippen molar-refractivity contribution < 1.29 is 18.3 Å². The van der Waals surface area contributed by atoms with Gasteiger partial charge in [-0.15, -0.1) is 12.4 Å². The van der Waals surface area contributed by atoms with Gasteiger partial charge in [-0.25, -0.2) is 0 Å². The normalized spacial score (nSPS) is 18.9. The highest BCUT2D eigenvalue weighted by Gasteiger charge is 2.23. The van der Waals surface area contributed by atoms with Crippen LogP contribution in [-0.4, -0.2) is 31.7 Å². The average Bonchev–Trinajstić information content (AvgIpc) is 2.65. The van der Waals surface area contributed by atoms with Gasteiger partial charge in [-0.05, 0) is 61.8 Å². The molecule has 0 bridgehead atoms. The average molecular weight is 412 g/mol. The van der Waals surface area contributed by atoms with Gasteiger partial charge in [0.25, 0.3) is 5.91 Å². The number of ether oxygens (including phenoxy) is 1. The van der Waals surface area contributed by atoms with Crippen LogP contribution in [0.25, 0.3) is 0 Å². The fraction of sp³-hybridized carbons (Fsp3) is 0.350. The number of halogens is 3. The van der Waals surface area contributed by atoms with Crippen LogP contribution in [0, 0.1) is 5.92 Å². The molecule has 5 nitrogen and oxygen atoms in total. The van der Waals surface area contributed by atoms with Crippen molar-refractivity contribution in [1.29, 1.82) is 0 Å². The van der Waals surface area contributed by atoms with Crippen molar-refractivity contribution in [2.45, 2.75) is 26.0 Å². The first-order valence-electron chi connectivity index (χ1n) is 8.95. The van der Waals surface area contributed by atoms with E-state index in [9.17, 15) is 13.6 Å². The Balaban J connectivity index is 0.00000280. The maximum atomic E-state index is 12.8. The summed E-state index contributed by atoms with van der Waals surface area (Å²) in [4.78, 5) is 12.8. The molecule has 2 aromatic rings. The molecule has 1 heterocycles. The third-order valence-electron chi connectivity index (χ3n) is 4.63. The maximum Gasteiger partial charge on any atom is 0.387 e. The number of piperidine rings is 1. The Labute approximate surface area is 169 Å². The molecule has 1 fully saturated rings. The minimum atomic E-state index is -2.86. The van der Waals surface area contributed by atoms with Crippen LogP contribution in [-0.2, 0) is 0 Å².